The summed E-state index contributed by atoms with van der Waals surface area (Å²) < 4.78 is 3.97. The van der Waals surface area contributed by atoms with Crippen LogP contribution < -0.4 is 10.7 Å². The summed E-state index contributed by atoms with van der Waals surface area (Å²) in [5.74, 6) is 0.795. The van der Waals surface area contributed by atoms with E-state index in [2.05, 4.69) is 32.1 Å². The second-order valence-electron chi connectivity index (χ2n) is 8.66. The average Bonchev–Trinajstić information content (AvgIpc) is 3.15. The molecule has 0 aromatic carbocycles. The molecule has 166 valence electrons. The lowest BCUT2D eigenvalue weighted by Crippen LogP contribution is -2.24. The molecule has 34 heavy (non-hydrogen) atoms. The zero-order valence-corrected chi connectivity index (χ0v) is 20.7. The molecule has 0 saturated carbocycles. The van der Waals surface area contributed by atoms with E-state index in [1.54, 1.807) is 0 Å². The predicted octanol–water partition coefficient (Wildman–Crippen LogP) is 0.111. The molecule has 8 nitrogen and oxygen atoms in total. The van der Waals surface area contributed by atoms with Gasteiger partial charge in [-0.25, -0.2) is 19.9 Å². The second-order valence-corrected chi connectivity index (χ2v) is 8.66. The van der Waals surface area contributed by atoms with Crippen LogP contribution in [0.25, 0.3) is 21.9 Å². The number of hydrogen-bond acceptors (Lipinski definition) is 6. The third kappa shape index (κ3) is 3.48. The first-order valence-corrected chi connectivity index (χ1v) is 10.9. The van der Waals surface area contributed by atoms with Crippen LogP contribution in [0.3, 0.4) is 0 Å². The number of rotatable bonds is 2. The molecule has 0 fully saturated rings. The van der Waals surface area contributed by atoms with Gasteiger partial charge in [-0.05, 0) is 53.7 Å². The Balaban J connectivity index is 2.28. The molecule has 0 bridgehead atoms. The van der Waals surface area contributed by atoms with Crippen molar-refractivity contribution in [1.29, 1.82) is 10.5 Å². The first-order chi connectivity index (χ1) is 16.1. The van der Waals surface area contributed by atoms with Crippen molar-refractivity contribution in [2.45, 2.75) is 41.5 Å². The Kier molecular flexibility index (Phi) is 5.62. The molecule has 0 aliphatic rings. The molecule has 0 aliphatic carbocycles. The van der Waals surface area contributed by atoms with E-state index in [1.165, 1.54) is 0 Å². The minimum Gasteiger partial charge on any atom is -0.395 e. The van der Waals surface area contributed by atoms with Crippen LogP contribution in [0.15, 0.2) is 12.1 Å². The number of fused-ring (bicyclic) bond motifs is 1. The molecule has 0 N–H and O–H groups in total. The van der Waals surface area contributed by atoms with Crippen LogP contribution in [0.4, 0.5) is 0 Å². The molecule has 4 aromatic rings. The fraction of sp³-hybridized carbons (Fsp3) is 0.250. The molecule has 4 heterocycles. The summed E-state index contributed by atoms with van der Waals surface area (Å²) in [7, 11) is 3.85. The Morgan fingerprint density at radius 1 is 0.647 bits per heavy atom. The van der Waals surface area contributed by atoms with Gasteiger partial charge in [0.2, 0.25) is 16.0 Å². The highest BCUT2D eigenvalue weighted by atomic mass is 15.0. The quantitative estimate of drug-likeness (QED) is 0.405. The molecule has 0 radical (unpaired) electrons. The largest absolute Gasteiger partial charge is 0.395 e. The highest BCUT2D eigenvalue weighted by Crippen LogP contribution is 2.21. The van der Waals surface area contributed by atoms with Crippen molar-refractivity contribution >= 4 is 37.9 Å². The number of nitriles is 2. The van der Waals surface area contributed by atoms with Gasteiger partial charge >= 0.3 is 0 Å². The van der Waals surface area contributed by atoms with E-state index >= 15 is 0 Å². The lowest BCUT2D eigenvalue weighted by atomic mass is 10.1. The molecular formula is C24H24B2N8. The van der Waals surface area contributed by atoms with E-state index in [4.69, 9.17) is 0 Å². The minimum atomic E-state index is 0.397. The number of nitrogens with zero attached hydrogens (tertiary/aromatic N) is 8. The van der Waals surface area contributed by atoms with E-state index < -0.39 is 0 Å². The number of aryl methyl sites for hydroxylation is 6. The topological polar surface area (TPSA) is 109 Å². The first-order valence-electron chi connectivity index (χ1n) is 10.9. The summed E-state index contributed by atoms with van der Waals surface area (Å²) in [5.41, 5.74) is 5.85. The summed E-state index contributed by atoms with van der Waals surface area (Å²) in [6.07, 6.45) is 0. The number of hydrogen-bond donors (Lipinski definition) is 0. The van der Waals surface area contributed by atoms with Gasteiger partial charge in [0.15, 0.2) is 11.6 Å². The van der Waals surface area contributed by atoms with Crippen LogP contribution in [0.5, 0.6) is 0 Å². The van der Waals surface area contributed by atoms with E-state index in [1.807, 2.05) is 78.6 Å². The highest BCUT2D eigenvalue weighted by Gasteiger charge is 2.22. The third-order valence-corrected chi connectivity index (χ3v) is 6.23. The molecule has 0 amide bonds. The van der Waals surface area contributed by atoms with Crippen molar-refractivity contribution in [3.05, 3.63) is 68.6 Å². The molecule has 0 spiro atoms. The maximum absolute atomic E-state index is 10.2. The highest BCUT2D eigenvalue weighted by molar-refractivity contribution is 6.14. The normalized spacial score (nSPS) is 12.9. The molecule has 10 heteroatoms. The van der Waals surface area contributed by atoms with Gasteiger partial charge < -0.3 is 8.96 Å². The Labute approximate surface area is 199 Å². The average molecular weight is 446 g/mol. The first kappa shape index (κ1) is 23.0. The van der Waals surface area contributed by atoms with Crippen molar-refractivity contribution < 1.29 is 0 Å². The van der Waals surface area contributed by atoms with Crippen LogP contribution in [0.2, 0.25) is 0 Å². The predicted molar refractivity (Wildman–Crippen MR) is 136 cm³/mol. The lowest BCUT2D eigenvalue weighted by molar-refractivity contribution is 1.01. The third-order valence-electron chi connectivity index (χ3n) is 6.23. The molecule has 0 unspecified atom stereocenters. The van der Waals surface area contributed by atoms with E-state index in [9.17, 15) is 10.5 Å². The van der Waals surface area contributed by atoms with Crippen LogP contribution in [0.1, 0.15) is 45.8 Å². The van der Waals surface area contributed by atoms with Gasteiger partial charge in [-0.15, -0.1) is 0 Å². The van der Waals surface area contributed by atoms with Crippen molar-refractivity contribution in [3.63, 3.8) is 0 Å². The summed E-state index contributed by atoms with van der Waals surface area (Å²) in [5, 5.41) is 23.7. The lowest BCUT2D eigenvalue weighted by Gasteiger charge is -2.07. The zero-order valence-electron chi connectivity index (χ0n) is 20.7. The Bertz CT molecular complexity index is 1540. The Morgan fingerprint density at radius 3 is 1.21 bits per heavy atom. The van der Waals surface area contributed by atoms with E-state index in [0.717, 1.165) is 55.6 Å². The monoisotopic (exact) mass is 446 g/mol. The van der Waals surface area contributed by atoms with Crippen molar-refractivity contribution in [2.24, 2.45) is 0 Å². The van der Waals surface area contributed by atoms with E-state index in [0.29, 0.717) is 22.8 Å². The standard InChI is InChI=1S/C24H24B2N8/c1-11-7-12(2)30-23(29-11)17(9-27)21-19-15(5)34(26)22(20(19)16(6)33(21)25)18(10-28)24-31-13(3)8-14(4)32-24/h7-8H,25-26H2,1-6H3/b21-17-,22-18-. The fourth-order valence-corrected chi connectivity index (χ4v) is 4.63. The van der Waals surface area contributed by atoms with Gasteiger partial charge in [0.05, 0.1) is 10.7 Å². The van der Waals surface area contributed by atoms with Gasteiger partial charge in [-0.2, -0.15) is 10.5 Å². The second kappa shape index (κ2) is 8.31. The van der Waals surface area contributed by atoms with Gasteiger partial charge in [-0.3, -0.25) is 0 Å². The van der Waals surface area contributed by atoms with E-state index in [-0.39, 0.29) is 0 Å². The summed E-state index contributed by atoms with van der Waals surface area (Å²) >= 11 is 0. The molecular weight excluding hydrogens is 422 g/mol. The van der Waals surface area contributed by atoms with Crippen molar-refractivity contribution in [3.8, 4) is 12.1 Å². The van der Waals surface area contributed by atoms with Gasteiger partial charge in [0, 0.05) is 44.9 Å². The van der Waals surface area contributed by atoms with Gasteiger partial charge in [0.25, 0.3) is 0 Å². The van der Waals surface area contributed by atoms with Gasteiger partial charge in [-0.1, -0.05) is 0 Å². The molecule has 4 rings (SSSR count). The minimum absolute atomic E-state index is 0.397. The smallest absolute Gasteiger partial charge is 0.223 e. The fourth-order valence-electron chi connectivity index (χ4n) is 4.63. The maximum atomic E-state index is 10.2. The summed E-state index contributed by atoms with van der Waals surface area (Å²) in [6, 6.07) is 8.46. The van der Waals surface area contributed by atoms with Crippen LogP contribution >= 0.6 is 0 Å². The molecule has 0 aliphatic heterocycles. The maximum Gasteiger partial charge on any atom is 0.223 e. The molecule has 0 saturated heterocycles. The van der Waals surface area contributed by atoms with Crippen LogP contribution in [-0.2, 0) is 0 Å². The number of aromatic nitrogens is 6. The van der Waals surface area contributed by atoms with Crippen molar-refractivity contribution in [2.75, 3.05) is 0 Å². The molecule has 0 atom stereocenters. The summed E-state index contributed by atoms with van der Waals surface area (Å²) in [4.78, 5) is 18.2. The van der Waals surface area contributed by atoms with Gasteiger partial charge in [0.1, 0.15) is 23.3 Å². The van der Waals surface area contributed by atoms with Crippen LogP contribution in [-0.4, -0.2) is 44.9 Å². The summed E-state index contributed by atoms with van der Waals surface area (Å²) in [6.45, 7) is 11.5. The SMILES string of the molecule is Bn1c(C)c2/c(=C(\C#N)c3nc(C)cc(C)n3)n(B)c(C)c2/c1=C(\C#N)c1nc(C)cc(C)n1. The van der Waals surface area contributed by atoms with Crippen LogP contribution in [0, 0.1) is 64.2 Å². The zero-order chi connectivity index (χ0) is 24.9. The van der Waals surface area contributed by atoms with Crippen molar-refractivity contribution in [1.82, 2.24) is 28.9 Å². The Morgan fingerprint density at radius 2 is 0.941 bits per heavy atom. The Hall–Kier alpha value is -4.17. The molecule has 4 aromatic heterocycles.